The number of cyclic esters (lactones) is 1. The van der Waals surface area contributed by atoms with E-state index >= 15 is 0 Å². The minimum absolute atomic E-state index is 0.142. The van der Waals surface area contributed by atoms with Gasteiger partial charge >= 0.3 is 6.09 Å². The summed E-state index contributed by atoms with van der Waals surface area (Å²) in [7, 11) is 3.17. The number of rotatable bonds is 3. The molecule has 1 atom stereocenters. The van der Waals surface area contributed by atoms with Crippen LogP contribution in [0.25, 0.3) is 0 Å². The lowest BCUT2D eigenvalue weighted by atomic mass is 10.1. The van der Waals surface area contributed by atoms with Gasteiger partial charge in [-0.3, -0.25) is 0 Å². The highest BCUT2D eigenvalue weighted by molar-refractivity contribution is 5.70. The predicted molar refractivity (Wildman–Crippen MR) is 56.8 cm³/mol. The summed E-state index contributed by atoms with van der Waals surface area (Å²) in [6.07, 6.45) is -0.396. The van der Waals surface area contributed by atoms with E-state index in [1.165, 1.54) is 0 Å². The fourth-order valence-corrected chi connectivity index (χ4v) is 1.59. The van der Waals surface area contributed by atoms with Gasteiger partial charge in [0.15, 0.2) is 0 Å². The molecule has 86 valence electrons. The van der Waals surface area contributed by atoms with E-state index in [0.717, 1.165) is 5.56 Å². The monoisotopic (exact) mass is 223 g/mol. The third kappa shape index (κ3) is 2.03. The molecular formula is C11H13NO4. The molecule has 5 nitrogen and oxygen atoms in total. The lowest BCUT2D eigenvalue weighted by Crippen LogP contribution is -2.18. The van der Waals surface area contributed by atoms with Crippen LogP contribution in [0.5, 0.6) is 11.5 Å². The van der Waals surface area contributed by atoms with E-state index in [1.54, 1.807) is 20.3 Å². The summed E-state index contributed by atoms with van der Waals surface area (Å²) in [5.41, 5.74) is 0.905. The Morgan fingerprint density at radius 2 is 1.88 bits per heavy atom. The number of benzene rings is 1. The molecule has 1 amide bonds. The Bertz CT molecular complexity index is 383. The zero-order valence-electron chi connectivity index (χ0n) is 9.15. The van der Waals surface area contributed by atoms with Crippen molar-refractivity contribution < 1.29 is 19.0 Å². The van der Waals surface area contributed by atoms with Crippen molar-refractivity contribution in [3.8, 4) is 11.5 Å². The maximum atomic E-state index is 10.9. The molecule has 2 rings (SSSR count). The zero-order valence-corrected chi connectivity index (χ0v) is 9.15. The van der Waals surface area contributed by atoms with Gasteiger partial charge in [0.1, 0.15) is 18.1 Å². The first-order chi connectivity index (χ1) is 7.72. The molecule has 16 heavy (non-hydrogen) atoms. The largest absolute Gasteiger partial charge is 0.497 e. The number of alkyl carbamates (subject to hydrolysis) is 1. The number of carbonyl (C=O) groups is 1. The van der Waals surface area contributed by atoms with Gasteiger partial charge in [-0.1, -0.05) is 0 Å². The van der Waals surface area contributed by atoms with Crippen molar-refractivity contribution in [3.05, 3.63) is 23.8 Å². The number of amides is 1. The van der Waals surface area contributed by atoms with Crippen LogP contribution in [0.15, 0.2) is 18.2 Å². The minimum Gasteiger partial charge on any atom is -0.497 e. The molecule has 1 aromatic rings. The number of nitrogens with one attached hydrogen (secondary N) is 1. The first kappa shape index (κ1) is 10.6. The van der Waals surface area contributed by atoms with Crippen LogP contribution in [0.1, 0.15) is 11.6 Å². The van der Waals surface area contributed by atoms with Crippen LogP contribution in [0, 0.1) is 0 Å². The van der Waals surface area contributed by atoms with Gasteiger partial charge in [-0.25, -0.2) is 4.79 Å². The molecule has 1 aliphatic heterocycles. The van der Waals surface area contributed by atoms with Crippen LogP contribution in [0.3, 0.4) is 0 Å². The highest BCUT2D eigenvalue weighted by Gasteiger charge is 2.24. The lowest BCUT2D eigenvalue weighted by molar-refractivity contribution is 0.177. The summed E-state index contributed by atoms with van der Waals surface area (Å²) in [6.45, 7) is 0.329. The van der Waals surface area contributed by atoms with Gasteiger partial charge in [-0.15, -0.1) is 0 Å². The molecule has 1 heterocycles. The number of methoxy groups -OCH3 is 2. The van der Waals surface area contributed by atoms with Crippen molar-refractivity contribution in [3.63, 3.8) is 0 Å². The van der Waals surface area contributed by atoms with Crippen molar-refractivity contribution in [1.29, 1.82) is 0 Å². The number of carbonyl (C=O) groups excluding carboxylic acids is 1. The Morgan fingerprint density at radius 3 is 2.31 bits per heavy atom. The van der Waals surface area contributed by atoms with Crippen molar-refractivity contribution in [2.45, 2.75) is 6.04 Å². The SMILES string of the molecule is COc1cc(OC)cc([C@H]2COC(=O)N2)c1. The Hall–Kier alpha value is -1.91. The average molecular weight is 223 g/mol. The Kier molecular flexibility index (Phi) is 2.85. The maximum absolute atomic E-state index is 10.9. The lowest BCUT2D eigenvalue weighted by Gasteiger charge is -2.11. The van der Waals surface area contributed by atoms with E-state index < -0.39 is 6.09 Å². The molecule has 0 aliphatic carbocycles. The van der Waals surface area contributed by atoms with Crippen LogP contribution in [0.4, 0.5) is 4.79 Å². The molecule has 0 unspecified atom stereocenters. The van der Waals surface area contributed by atoms with Gasteiger partial charge in [0.05, 0.1) is 20.3 Å². The molecule has 1 aromatic carbocycles. The van der Waals surface area contributed by atoms with Crippen LogP contribution in [-0.4, -0.2) is 26.9 Å². The van der Waals surface area contributed by atoms with Gasteiger partial charge in [0.2, 0.25) is 0 Å². The van der Waals surface area contributed by atoms with E-state index in [2.05, 4.69) is 5.32 Å². The Morgan fingerprint density at radius 1 is 1.25 bits per heavy atom. The topological polar surface area (TPSA) is 56.8 Å². The highest BCUT2D eigenvalue weighted by atomic mass is 16.6. The quantitative estimate of drug-likeness (QED) is 0.843. The van der Waals surface area contributed by atoms with E-state index in [9.17, 15) is 4.79 Å². The van der Waals surface area contributed by atoms with E-state index in [-0.39, 0.29) is 6.04 Å². The number of ether oxygens (including phenoxy) is 3. The smallest absolute Gasteiger partial charge is 0.407 e. The predicted octanol–water partition coefficient (Wildman–Crippen LogP) is 1.48. The van der Waals surface area contributed by atoms with Crippen molar-refractivity contribution in [2.24, 2.45) is 0 Å². The van der Waals surface area contributed by atoms with Crippen LogP contribution >= 0.6 is 0 Å². The first-order valence-electron chi connectivity index (χ1n) is 4.89. The molecule has 0 spiro atoms. The Balaban J connectivity index is 2.29. The first-order valence-corrected chi connectivity index (χ1v) is 4.89. The minimum atomic E-state index is -0.396. The molecule has 1 fully saturated rings. The number of hydrogen-bond donors (Lipinski definition) is 1. The van der Waals surface area contributed by atoms with Gasteiger partial charge in [0.25, 0.3) is 0 Å². The second-order valence-corrected chi connectivity index (χ2v) is 3.44. The molecule has 1 saturated heterocycles. The van der Waals surface area contributed by atoms with Gasteiger partial charge in [-0.2, -0.15) is 0 Å². The van der Waals surface area contributed by atoms with Gasteiger partial charge in [-0.05, 0) is 17.7 Å². The molecule has 1 N–H and O–H groups in total. The molecule has 1 aliphatic rings. The Labute approximate surface area is 93.3 Å². The molecule has 0 bridgehead atoms. The van der Waals surface area contributed by atoms with E-state index in [4.69, 9.17) is 14.2 Å². The van der Waals surface area contributed by atoms with E-state index in [1.807, 2.05) is 12.1 Å². The van der Waals surface area contributed by atoms with Gasteiger partial charge in [0, 0.05) is 6.07 Å². The summed E-state index contributed by atoms with van der Waals surface area (Å²) in [5.74, 6) is 1.38. The highest BCUT2D eigenvalue weighted by Crippen LogP contribution is 2.28. The van der Waals surface area contributed by atoms with Crippen LogP contribution < -0.4 is 14.8 Å². The summed E-state index contributed by atoms with van der Waals surface area (Å²) < 4.78 is 15.1. The maximum Gasteiger partial charge on any atom is 0.407 e. The number of hydrogen-bond acceptors (Lipinski definition) is 4. The second-order valence-electron chi connectivity index (χ2n) is 3.44. The summed E-state index contributed by atoms with van der Waals surface area (Å²) in [6, 6.07) is 5.34. The molecule has 0 radical (unpaired) electrons. The van der Waals surface area contributed by atoms with Crippen LogP contribution in [0.2, 0.25) is 0 Å². The average Bonchev–Trinajstić information content (AvgIpc) is 2.75. The zero-order chi connectivity index (χ0) is 11.5. The molecule has 0 saturated carbocycles. The molecule has 0 aromatic heterocycles. The fourth-order valence-electron chi connectivity index (χ4n) is 1.59. The second kappa shape index (κ2) is 4.30. The van der Waals surface area contributed by atoms with Gasteiger partial charge < -0.3 is 19.5 Å². The summed E-state index contributed by atoms with van der Waals surface area (Å²) in [4.78, 5) is 10.9. The van der Waals surface area contributed by atoms with E-state index in [0.29, 0.717) is 18.1 Å². The van der Waals surface area contributed by atoms with Crippen molar-refractivity contribution in [2.75, 3.05) is 20.8 Å². The third-order valence-corrected chi connectivity index (χ3v) is 2.45. The van der Waals surface area contributed by atoms with Crippen molar-refractivity contribution >= 4 is 6.09 Å². The van der Waals surface area contributed by atoms with Crippen molar-refractivity contribution in [1.82, 2.24) is 5.32 Å². The standard InChI is InChI=1S/C11H13NO4/c1-14-8-3-7(4-9(5-8)15-2)10-6-16-11(13)12-10/h3-5,10H,6H2,1-2H3,(H,12,13)/t10-/m1/s1. The fraction of sp³-hybridized carbons (Fsp3) is 0.364. The molecular weight excluding hydrogens is 210 g/mol. The van der Waals surface area contributed by atoms with Crippen LogP contribution in [-0.2, 0) is 4.74 Å². The summed E-state index contributed by atoms with van der Waals surface area (Å²) >= 11 is 0. The normalized spacial score (nSPS) is 18.9. The summed E-state index contributed by atoms with van der Waals surface area (Å²) in [5, 5.41) is 2.70. The third-order valence-electron chi connectivity index (χ3n) is 2.45. The molecule has 5 heteroatoms.